The smallest absolute Gasteiger partial charge is 0.255 e. The van der Waals surface area contributed by atoms with Crippen LogP contribution in [0.4, 0.5) is 0 Å². The van der Waals surface area contributed by atoms with Crippen LogP contribution in [-0.2, 0) is 13.5 Å². The molecule has 2 heterocycles. The lowest BCUT2D eigenvalue weighted by atomic mass is 9.97. The summed E-state index contributed by atoms with van der Waals surface area (Å²) in [6.07, 6.45) is 5.63. The second-order valence-electron chi connectivity index (χ2n) is 6.15. The Morgan fingerprint density at radius 3 is 2.46 bits per heavy atom. The Bertz CT molecular complexity index is 831. The molecule has 1 amide bonds. The lowest BCUT2D eigenvalue weighted by molar-refractivity contribution is 0.0772. The number of rotatable bonds is 3. The molecule has 1 aliphatic heterocycles. The highest BCUT2D eigenvalue weighted by atomic mass is 16.2. The largest absolute Gasteiger partial charge is 0.335 e. The fourth-order valence-electron chi connectivity index (χ4n) is 2.97. The summed E-state index contributed by atoms with van der Waals surface area (Å²) in [5, 5.41) is 0. The van der Waals surface area contributed by atoms with Crippen LogP contribution in [0.15, 0.2) is 53.5 Å². The van der Waals surface area contributed by atoms with Gasteiger partial charge in [0, 0.05) is 32.4 Å². The SMILES string of the molecule is CCc1ccc(C2=CCN(C(=O)c3ccc(=O)n(C)c3)CC2)cc1. The van der Waals surface area contributed by atoms with Crippen molar-refractivity contribution in [3.05, 3.63) is 75.7 Å². The number of hydrogen-bond acceptors (Lipinski definition) is 2. The number of benzene rings is 1. The number of carbonyl (C=O) groups is 1. The van der Waals surface area contributed by atoms with Crippen LogP contribution in [0.1, 0.15) is 34.8 Å². The second kappa shape index (κ2) is 6.87. The third-order valence-corrected chi connectivity index (χ3v) is 4.56. The van der Waals surface area contributed by atoms with Crippen LogP contribution >= 0.6 is 0 Å². The number of pyridine rings is 1. The molecule has 0 fully saturated rings. The summed E-state index contributed by atoms with van der Waals surface area (Å²) in [4.78, 5) is 25.8. The molecule has 24 heavy (non-hydrogen) atoms. The molecule has 3 rings (SSSR count). The van der Waals surface area contributed by atoms with Crippen molar-refractivity contribution in [1.29, 1.82) is 0 Å². The molecule has 0 spiro atoms. The predicted molar refractivity (Wildman–Crippen MR) is 96.0 cm³/mol. The van der Waals surface area contributed by atoms with Gasteiger partial charge >= 0.3 is 0 Å². The van der Waals surface area contributed by atoms with Crippen LogP contribution in [-0.4, -0.2) is 28.5 Å². The van der Waals surface area contributed by atoms with E-state index >= 15 is 0 Å². The highest BCUT2D eigenvalue weighted by molar-refractivity contribution is 5.94. The maximum atomic E-state index is 12.6. The van der Waals surface area contributed by atoms with Gasteiger partial charge in [0.25, 0.3) is 5.91 Å². The van der Waals surface area contributed by atoms with Gasteiger partial charge in [0.15, 0.2) is 0 Å². The topological polar surface area (TPSA) is 42.3 Å². The molecule has 1 aliphatic rings. The van der Waals surface area contributed by atoms with E-state index in [0.29, 0.717) is 18.7 Å². The van der Waals surface area contributed by atoms with Gasteiger partial charge < -0.3 is 9.47 Å². The first-order valence-corrected chi connectivity index (χ1v) is 8.33. The molecule has 1 aromatic carbocycles. The Morgan fingerprint density at radius 1 is 1.12 bits per heavy atom. The van der Waals surface area contributed by atoms with Crippen molar-refractivity contribution >= 4 is 11.5 Å². The van der Waals surface area contributed by atoms with E-state index in [2.05, 4.69) is 37.3 Å². The second-order valence-corrected chi connectivity index (χ2v) is 6.15. The normalized spacial score (nSPS) is 14.4. The van der Waals surface area contributed by atoms with Crippen LogP contribution in [0.3, 0.4) is 0 Å². The summed E-state index contributed by atoms with van der Waals surface area (Å²) in [5.74, 6) is -0.0257. The van der Waals surface area contributed by atoms with Gasteiger partial charge in [-0.05, 0) is 35.6 Å². The molecule has 2 aromatic rings. The summed E-state index contributed by atoms with van der Waals surface area (Å²) < 4.78 is 1.44. The third kappa shape index (κ3) is 3.32. The Balaban J connectivity index is 1.72. The fraction of sp³-hybridized carbons (Fsp3) is 0.300. The molecule has 124 valence electrons. The monoisotopic (exact) mass is 322 g/mol. The van der Waals surface area contributed by atoms with Crippen LogP contribution in [0.2, 0.25) is 0 Å². The molecule has 0 bridgehead atoms. The number of amides is 1. The summed E-state index contributed by atoms with van der Waals surface area (Å²) in [7, 11) is 1.66. The van der Waals surface area contributed by atoms with Gasteiger partial charge in [-0.15, -0.1) is 0 Å². The molecule has 0 saturated carbocycles. The molecule has 0 aliphatic carbocycles. The van der Waals surface area contributed by atoms with Gasteiger partial charge in [0.2, 0.25) is 5.56 Å². The van der Waals surface area contributed by atoms with Gasteiger partial charge in [-0.2, -0.15) is 0 Å². The van der Waals surface area contributed by atoms with E-state index in [1.807, 2.05) is 4.90 Å². The van der Waals surface area contributed by atoms with E-state index in [1.54, 1.807) is 19.3 Å². The summed E-state index contributed by atoms with van der Waals surface area (Å²) >= 11 is 0. The summed E-state index contributed by atoms with van der Waals surface area (Å²) in [6.45, 7) is 3.45. The lowest BCUT2D eigenvalue weighted by Crippen LogP contribution is -2.35. The highest BCUT2D eigenvalue weighted by Crippen LogP contribution is 2.23. The quantitative estimate of drug-likeness (QED) is 0.872. The first-order valence-electron chi connectivity index (χ1n) is 8.33. The van der Waals surface area contributed by atoms with Crippen LogP contribution in [0, 0.1) is 0 Å². The van der Waals surface area contributed by atoms with Crippen molar-refractivity contribution in [1.82, 2.24) is 9.47 Å². The molecule has 4 nitrogen and oxygen atoms in total. The first-order chi connectivity index (χ1) is 11.6. The zero-order chi connectivity index (χ0) is 17.1. The zero-order valence-corrected chi connectivity index (χ0v) is 14.2. The average Bonchev–Trinajstić information content (AvgIpc) is 2.63. The van der Waals surface area contributed by atoms with Crippen molar-refractivity contribution in [3.63, 3.8) is 0 Å². The van der Waals surface area contributed by atoms with E-state index in [-0.39, 0.29) is 11.5 Å². The van der Waals surface area contributed by atoms with E-state index in [0.717, 1.165) is 12.8 Å². The van der Waals surface area contributed by atoms with E-state index in [4.69, 9.17) is 0 Å². The minimum atomic E-state index is -0.108. The number of aromatic nitrogens is 1. The van der Waals surface area contributed by atoms with Gasteiger partial charge in [-0.3, -0.25) is 9.59 Å². The maximum Gasteiger partial charge on any atom is 0.255 e. The van der Waals surface area contributed by atoms with Gasteiger partial charge in [0.05, 0.1) is 5.56 Å². The fourth-order valence-corrected chi connectivity index (χ4v) is 2.97. The van der Waals surface area contributed by atoms with Crippen LogP contribution < -0.4 is 5.56 Å². The molecule has 0 saturated heterocycles. The third-order valence-electron chi connectivity index (χ3n) is 4.56. The Labute approximate surface area is 142 Å². The van der Waals surface area contributed by atoms with Crippen molar-refractivity contribution in [2.24, 2.45) is 7.05 Å². The van der Waals surface area contributed by atoms with Crippen molar-refractivity contribution in [3.8, 4) is 0 Å². The zero-order valence-electron chi connectivity index (χ0n) is 14.2. The van der Waals surface area contributed by atoms with E-state index in [1.165, 1.54) is 27.3 Å². The maximum absolute atomic E-state index is 12.6. The average molecular weight is 322 g/mol. The van der Waals surface area contributed by atoms with Crippen LogP contribution in [0.25, 0.3) is 5.57 Å². The summed E-state index contributed by atoms with van der Waals surface area (Å²) in [6, 6.07) is 11.7. The predicted octanol–water partition coefficient (Wildman–Crippen LogP) is 2.88. The Kier molecular flexibility index (Phi) is 4.65. The van der Waals surface area contributed by atoms with Crippen LogP contribution in [0.5, 0.6) is 0 Å². The molecule has 4 heteroatoms. The van der Waals surface area contributed by atoms with Gasteiger partial charge in [-0.25, -0.2) is 0 Å². The first kappa shape index (κ1) is 16.2. The molecular formula is C20H22N2O2. The molecule has 0 atom stereocenters. The number of carbonyl (C=O) groups excluding carboxylic acids is 1. The lowest BCUT2D eigenvalue weighted by Gasteiger charge is -2.27. The Morgan fingerprint density at radius 2 is 1.88 bits per heavy atom. The highest BCUT2D eigenvalue weighted by Gasteiger charge is 2.19. The minimum Gasteiger partial charge on any atom is -0.335 e. The number of aryl methyl sites for hydroxylation is 2. The van der Waals surface area contributed by atoms with E-state index in [9.17, 15) is 9.59 Å². The minimum absolute atomic E-state index is 0.0257. The number of nitrogens with zero attached hydrogens (tertiary/aromatic N) is 2. The molecular weight excluding hydrogens is 300 g/mol. The Hall–Kier alpha value is -2.62. The molecule has 0 N–H and O–H groups in total. The van der Waals surface area contributed by atoms with Crippen molar-refractivity contribution < 1.29 is 4.79 Å². The van der Waals surface area contributed by atoms with Gasteiger partial charge in [0.1, 0.15) is 0 Å². The van der Waals surface area contributed by atoms with Crippen molar-refractivity contribution in [2.75, 3.05) is 13.1 Å². The summed E-state index contributed by atoms with van der Waals surface area (Å²) in [5.41, 5.74) is 4.31. The van der Waals surface area contributed by atoms with Crippen molar-refractivity contribution in [2.45, 2.75) is 19.8 Å². The number of hydrogen-bond donors (Lipinski definition) is 0. The van der Waals surface area contributed by atoms with Gasteiger partial charge in [-0.1, -0.05) is 37.3 Å². The molecule has 1 aromatic heterocycles. The molecule has 0 radical (unpaired) electrons. The van der Waals surface area contributed by atoms with E-state index < -0.39 is 0 Å². The molecule has 0 unspecified atom stereocenters. The standard InChI is InChI=1S/C20H22N2O2/c1-3-15-4-6-16(7-5-15)17-10-12-22(13-11-17)20(24)18-8-9-19(23)21(2)14-18/h4-10,14H,3,11-13H2,1-2H3.